The van der Waals surface area contributed by atoms with Crippen LogP contribution in [0.25, 0.3) is 11.3 Å². The summed E-state index contributed by atoms with van der Waals surface area (Å²) < 4.78 is 18.1. The van der Waals surface area contributed by atoms with Crippen LogP contribution >= 0.6 is 0 Å². The maximum Gasteiger partial charge on any atom is 0.134 e. The lowest BCUT2D eigenvalue weighted by molar-refractivity contribution is 0.159. The van der Waals surface area contributed by atoms with Gasteiger partial charge >= 0.3 is 0 Å². The minimum Gasteiger partial charge on any atom is -0.458 e. The summed E-state index contributed by atoms with van der Waals surface area (Å²) in [6, 6.07) is 9.34. The van der Waals surface area contributed by atoms with Crippen molar-refractivity contribution in [1.82, 2.24) is 0 Å². The molecule has 0 radical (unpaired) electrons. The predicted molar refractivity (Wildman–Crippen MR) is 58.1 cm³/mol. The lowest BCUT2D eigenvalue weighted by Crippen LogP contribution is -2.10. The van der Waals surface area contributed by atoms with Crippen LogP contribution in [0.4, 0.5) is 4.39 Å². The van der Waals surface area contributed by atoms with Crippen LogP contribution in [0.2, 0.25) is 0 Å². The second-order valence-corrected chi connectivity index (χ2v) is 3.46. The molecule has 0 aliphatic heterocycles. The van der Waals surface area contributed by atoms with Crippen LogP contribution in [0.1, 0.15) is 11.9 Å². The van der Waals surface area contributed by atoms with Gasteiger partial charge < -0.3 is 15.3 Å². The molecule has 84 valence electrons. The van der Waals surface area contributed by atoms with Crippen LogP contribution in [0.3, 0.4) is 0 Å². The molecule has 1 aromatic carbocycles. The van der Waals surface area contributed by atoms with Crippen LogP contribution in [-0.2, 0) is 0 Å². The maximum absolute atomic E-state index is 12.7. The number of furan rings is 1. The van der Waals surface area contributed by atoms with E-state index in [1.54, 1.807) is 24.3 Å². The molecule has 2 aromatic rings. The molecule has 0 spiro atoms. The first-order valence-corrected chi connectivity index (χ1v) is 4.94. The molecule has 1 atom stereocenters. The third kappa shape index (κ3) is 2.13. The summed E-state index contributed by atoms with van der Waals surface area (Å²) in [5.74, 6) is 0.710. The molecule has 4 heteroatoms. The van der Waals surface area contributed by atoms with Crippen molar-refractivity contribution in [2.45, 2.75) is 6.10 Å². The highest BCUT2D eigenvalue weighted by molar-refractivity contribution is 5.57. The summed E-state index contributed by atoms with van der Waals surface area (Å²) in [4.78, 5) is 0. The molecule has 3 nitrogen and oxygen atoms in total. The van der Waals surface area contributed by atoms with Crippen LogP contribution in [0, 0.1) is 5.82 Å². The molecule has 3 N–H and O–H groups in total. The summed E-state index contributed by atoms with van der Waals surface area (Å²) in [7, 11) is 0. The van der Waals surface area contributed by atoms with Crippen molar-refractivity contribution >= 4 is 0 Å². The van der Waals surface area contributed by atoms with Gasteiger partial charge in [-0.1, -0.05) is 0 Å². The van der Waals surface area contributed by atoms with Gasteiger partial charge in [0, 0.05) is 12.1 Å². The van der Waals surface area contributed by atoms with Gasteiger partial charge in [-0.3, -0.25) is 0 Å². The maximum atomic E-state index is 12.7. The minimum atomic E-state index is -0.797. The fourth-order valence-corrected chi connectivity index (χ4v) is 1.42. The van der Waals surface area contributed by atoms with Crippen molar-refractivity contribution in [2.24, 2.45) is 5.73 Å². The Labute approximate surface area is 92.3 Å². The molecule has 0 saturated heterocycles. The SMILES string of the molecule is NCC(O)c1ccc(-c2ccc(F)cc2)o1. The van der Waals surface area contributed by atoms with Crippen molar-refractivity contribution in [3.8, 4) is 11.3 Å². The van der Waals surface area contributed by atoms with Gasteiger partial charge in [-0.25, -0.2) is 4.39 Å². The van der Waals surface area contributed by atoms with E-state index in [0.29, 0.717) is 11.5 Å². The predicted octanol–water partition coefficient (Wildman–Crippen LogP) is 2.08. The average molecular weight is 221 g/mol. The van der Waals surface area contributed by atoms with Crippen LogP contribution < -0.4 is 5.73 Å². The van der Waals surface area contributed by atoms with Gasteiger partial charge in [0.05, 0.1) is 0 Å². The van der Waals surface area contributed by atoms with Gasteiger partial charge in [0.15, 0.2) is 0 Å². The van der Waals surface area contributed by atoms with Gasteiger partial charge in [-0.2, -0.15) is 0 Å². The quantitative estimate of drug-likeness (QED) is 0.834. The first kappa shape index (κ1) is 10.9. The molecule has 0 fully saturated rings. The number of nitrogens with two attached hydrogens (primary N) is 1. The van der Waals surface area contributed by atoms with Crippen molar-refractivity contribution in [3.05, 3.63) is 48.0 Å². The Balaban J connectivity index is 2.28. The van der Waals surface area contributed by atoms with Crippen molar-refractivity contribution in [1.29, 1.82) is 0 Å². The molecule has 1 unspecified atom stereocenters. The highest BCUT2D eigenvalue weighted by Crippen LogP contribution is 2.25. The zero-order valence-electron chi connectivity index (χ0n) is 8.56. The first-order valence-electron chi connectivity index (χ1n) is 4.94. The molecule has 0 aliphatic carbocycles. The number of aliphatic hydroxyl groups is 1. The minimum absolute atomic E-state index is 0.108. The molecular formula is C12H12FNO2. The normalized spacial score (nSPS) is 12.7. The fourth-order valence-electron chi connectivity index (χ4n) is 1.42. The highest BCUT2D eigenvalue weighted by Gasteiger charge is 2.11. The van der Waals surface area contributed by atoms with E-state index in [9.17, 15) is 9.50 Å². The Kier molecular flexibility index (Phi) is 3.03. The van der Waals surface area contributed by atoms with Gasteiger partial charge in [-0.15, -0.1) is 0 Å². The Hall–Kier alpha value is -1.65. The lowest BCUT2D eigenvalue weighted by atomic mass is 10.2. The lowest BCUT2D eigenvalue weighted by Gasteiger charge is -2.02. The summed E-state index contributed by atoms with van der Waals surface area (Å²) >= 11 is 0. The molecule has 1 heterocycles. The van der Waals surface area contributed by atoms with E-state index in [0.717, 1.165) is 5.56 Å². The first-order chi connectivity index (χ1) is 7.70. The molecule has 2 rings (SSSR count). The molecule has 0 amide bonds. The largest absolute Gasteiger partial charge is 0.458 e. The summed E-state index contributed by atoms with van der Waals surface area (Å²) in [5, 5.41) is 9.45. The molecule has 0 aliphatic rings. The number of rotatable bonds is 3. The summed E-state index contributed by atoms with van der Waals surface area (Å²) in [5.41, 5.74) is 6.07. The van der Waals surface area contributed by atoms with E-state index in [4.69, 9.17) is 10.2 Å². The van der Waals surface area contributed by atoms with Gasteiger partial charge in [0.25, 0.3) is 0 Å². The Bertz CT molecular complexity index is 464. The standard InChI is InChI=1S/C12H12FNO2/c13-9-3-1-8(2-4-9)11-5-6-12(16-11)10(15)7-14/h1-6,10,15H,7,14H2. The zero-order chi connectivity index (χ0) is 11.5. The van der Waals surface area contributed by atoms with Crippen LogP contribution in [-0.4, -0.2) is 11.7 Å². The summed E-state index contributed by atoms with van der Waals surface area (Å²) in [6.07, 6.45) is -0.797. The van der Waals surface area contributed by atoms with E-state index in [-0.39, 0.29) is 12.4 Å². The van der Waals surface area contributed by atoms with E-state index >= 15 is 0 Å². The molecule has 1 aromatic heterocycles. The summed E-state index contributed by atoms with van der Waals surface area (Å²) in [6.45, 7) is 0.108. The Morgan fingerprint density at radius 2 is 1.88 bits per heavy atom. The third-order valence-electron chi connectivity index (χ3n) is 2.31. The zero-order valence-corrected chi connectivity index (χ0v) is 8.56. The molecule has 0 saturated carbocycles. The van der Waals surface area contributed by atoms with E-state index in [1.165, 1.54) is 12.1 Å². The fraction of sp³-hybridized carbons (Fsp3) is 0.167. The number of benzene rings is 1. The highest BCUT2D eigenvalue weighted by atomic mass is 19.1. The topological polar surface area (TPSA) is 59.4 Å². The van der Waals surface area contributed by atoms with Crippen molar-refractivity contribution < 1.29 is 13.9 Å². The number of hydrogen-bond donors (Lipinski definition) is 2. The van der Waals surface area contributed by atoms with Crippen LogP contribution in [0.15, 0.2) is 40.8 Å². The van der Waals surface area contributed by atoms with Gasteiger partial charge in [-0.05, 0) is 36.4 Å². The van der Waals surface area contributed by atoms with Crippen LogP contribution in [0.5, 0.6) is 0 Å². The van der Waals surface area contributed by atoms with E-state index < -0.39 is 6.10 Å². The second kappa shape index (κ2) is 4.47. The number of halogens is 1. The Morgan fingerprint density at radius 3 is 2.50 bits per heavy atom. The molecule has 0 bridgehead atoms. The van der Waals surface area contributed by atoms with Gasteiger partial charge in [0.2, 0.25) is 0 Å². The Morgan fingerprint density at radius 1 is 1.19 bits per heavy atom. The number of hydrogen-bond acceptors (Lipinski definition) is 3. The average Bonchev–Trinajstić information content (AvgIpc) is 2.78. The van der Waals surface area contributed by atoms with Crippen molar-refractivity contribution in [2.75, 3.05) is 6.54 Å². The van der Waals surface area contributed by atoms with Gasteiger partial charge in [0.1, 0.15) is 23.4 Å². The number of aliphatic hydroxyl groups excluding tert-OH is 1. The van der Waals surface area contributed by atoms with E-state index in [1.807, 2.05) is 0 Å². The second-order valence-electron chi connectivity index (χ2n) is 3.46. The monoisotopic (exact) mass is 221 g/mol. The van der Waals surface area contributed by atoms with E-state index in [2.05, 4.69) is 0 Å². The molecular weight excluding hydrogens is 209 g/mol. The van der Waals surface area contributed by atoms with Crippen molar-refractivity contribution in [3.63, 3.8) is 0 Å². The molecule has 16 heavy (non-hydrogen) atoms. The smallest absolute Gasteiger partial charge is 0.134 e. The third-order valence-corrected chi connectivity index (χ3v) is 2.31.